The van der Waals surface area contributed by atoms with E-state index >= 15 is 0 Å². The number of aryl methyl sites for hydroxylation is 2. The van der Waals surface area contributed by atoms with Gasteiger partial charge in [0.15, 0.2) is 5.76 Å². The van der Waals surface area contributed by atoms with Crippen molar-refractivity contribution >= 4 is 5.91 Å². The number of nitrogens with zero attached hydrogens (tertiary/aromatic N) is 4. The Bertz CT molecular complexity index is 820. The number of carbonyl (C=O) groups is 1. The van der Waals surface area contributed by atoms with Crippen molar-refractivity contribution in [3.05, 3.63) is 29.0 Å². The highest BCUT2D eigenvalue weighted by Crippen LogP contribution is 2.38. The molecule has 0 radical (unpaired) electrons. The summed E-state index contributed by atoms with van der Waals surface area (Å²) in [6, 6.07) is -0.0358. The summed E-state index contributed by atoms with van der Waals surface area (Å²) in [7, 11) is 0. The molecule has 0 unspecified atom stereocenters. The predicted molar refractivity (Wildman–Crippen MR) is 99.5 cm³/mol. The lowest BCUT2D eigenvalue weighted by atomic mass is 9.91. The van der Waals surface area contributed by atoms with E-state index in [-0.39, 0.29) is 17.4 Å². The summed E-state index contributed by atoms with van der Waals surface area (Å²) in [6.45, 7) is 12.8. The van der Waals surface area contributed by atoms with Crippen molar-refractivity contribution in [2.75, 3.05) is 6.54 Å². The summed E-state index contributed by atoms with van der Waals surface area (Å²) in [5, 5.41) is 4.07. The molecule has 0 saturated carbocycles. The summed E-state index contributed by atoms with van der Waals surface area (Å²) < 4.78 is 5.56. The third-order valence-electron chi connectivity index (χ3n) is 4.91. The van der Waals surface area contributed by atoms with Gasteiger partial charge in [-0.3, -0.25) is 4.79 Å². The molecule has 0 N–H and O–H groups in total. The van der Waals surface area contributed by atoms with Crippen LogP contribution in [0.5, 0.6) is 0 Å². The number of hydrogen-bond donors (Lipinski definition) is 0. The van der Waals surface area contributed by atoms with E-state index in [1.807, 2.05) is 25.7 Å². The van der Waals surface area contributed by atoms with Crippen LogP contribution in [0.1, 0.15) is 68.9 Å². The smallest absolute Gasteiger partial charge is 0.223 e. The molecule has 0 aliphatic carbocycles. The molecule has 6 heteroatoms. The van der Waals surface area contributed by atoms with Crippen LogP contribution in [-0.2, 0) is 4.79 Å². The number of rotatable bonds is 3. The molecule has 0 spiro atoms. The Morgan fingerprint density at radius 3 is 2.65 bits per heavy atom. The molecule has 3 rings (SSSR count). The summed E-state index contributed by atoms with van der Waals surface area (Å²) in [6.07, 6.45) is 4.22. The van der Waals surface area contributed by atoms with Gasteiger partial charge in [0.1, 0.15) is 5.82 Å². The van der Waals surface area contributed by atoms with Crippen molar-refractivity contribution in [1.82, 2.24) is 20.0 Å². The maximum absolute atomic E-state index is 12.9. The standard InChI is InChI=1S/C20H28N4O2/c1-12-13(2)23-26-19(12)15-11-21-14(3)22-18(15)16-8-7-9-24(16)17(25)10-20(4,5)6/h11,16H,7-10H2,1-6H3/t16-/m0/s1. The van der Waals surface area contributed by atoms with Gasteiger partial charge < -0.3 is 9.42 Å². The second kappa shape index (κ2) is 6.82. The predicted octanol–water partition coefficient (Wildman–Crippen LogP) is 4.16. The van der Waals surface area contributed by atoms with E-state index < -0.39 is 0 Å². The molecular weight excluding hydrogens is 328 g/mol. The number of amides is 1. The minimum Gasteiger partial charge on any atom is -0.356 e. The fourth-order valence-electron chi connectivity index (χ4n) is 3.49. The van der Waals surface area contributed by atoms with Crippen LogP contribution in [0.2, 0.25) is 0 Å². The zero-order chi connectivity index (χ0) is 19.1. The maximum Gasteiger partial charge on any atom is 0.223 e. The number of carbonyl (C=O) groups excluding carboxylic acids is 1. The molecule has 1 fully saturated rings. The highest BCUT2D eigenvalue weighted by Gasteiger charge is 2.35. The molecule has 1 aliphatic rings. The van der Waals surface area contributed by atoms with Gasteiger partial charge in [0.25, 0.3) is 0 Å². The Kier molecular flexibility index (Phi) is 4.86. The van der Waals surface area contributed by atoms with Gasteiger partial charge in [0.2, 0.25) is 5.91 Å². The van der Waals surface area contributed by atoms with Gasteiger partial charge in [-0.15, -0.1) is 0 Å². The second-order valence-corrected chi connectivity index (χ2v) is 8.42. The van der Waals surface area contributed by atoms with Crippen LogP contribution in [0.15, 0.2) is 10.7 Å². The maximum atomic E-state index is 12.9. The van der Waals surface area contributed by atoms with E-state index in [1.165, 1.54) is 0 Å². The van der Waals surface area contributed by atoms with E-state index in [1.54, 1.807) is 6.20 Å². The van der Waals surface area contributed by atoms with Crippen molar-refractivity contribution in [1.29, 1.82) is 0 Å². The fraction of sp³-hybridized carbons (Fsp3) is 0.600. The normalized spacial score (nSPS) is 17.8. The summed E-state index contributed by atoms with van der Waals surface area (Å²) >= 11 is 0. The average Bonchev–Trinajstić information content (AvgIpc) is 3.14. The van der Waals surface area contributed by atoms with Crippen molar-refractivity contribution in [3.8, 4) is 11.3 Å². The monoisotopic (exact) mass is 356 g/mol. The fourth-order valence-corrected chi connectivity index (χ4v) is 3.49. The SMILES string of the molecule is Cc1ncc(-c2onc(C)c2C)c([C@@H]2CCCN2C(=O)CC(C)(C)C)n1. The van der Waals surface area contributed by atoms with Crippen LogP contribution in [0.25, 0.3) is 11.3 Å². The van der Waals surface area contributed by atoms with Crippen LogP contribution in [-0.4, -0.2) is 32.5 Å². The van der Waals surface area contributed by atoms with Gasteiger partial charge in [0, 0.05) is 24.7 Å². The molecule has 2 aromatic rings. The van der Waals surface area contributed by atoms with E-state index in [9.17, 15) is 4.79 Å². The third-order valence-corrected chi connectivity index (χ3v) is 4.91. The molecule has 1 saturated heterocycles. The number of hydrogen-bond acceptors (Lipinski definition) is 5. The van der Waals surface area contributed by atoms with Crippen molar-refractivity contribution in [2.45, 2.75) is 66.8 Å². The first-order valence-corrected chi connectivity index (χ1v) is 9.23. The van der Waals surface area contributed by atoms with Crippen LogP contribution in [0, 0.1) is 26.2 Å². The van der Waals surface area contributed by atoms with E-state index in [0.717, 1.165) is 41.9 Å². The van der Waals surface area contributed by atoms with Gasteiger partial charge >= 0.3 is 0 Å². The average molecular weight is 356 g/mol. The van der Waals surface area contributed by atoms with Gasteiger partial charge in [0.05, 0.1) is 23.0 Å². The van der Waals surface area contributed by atoms with Gasteiger partial charge in [-0.25, -0.2) is 9.97 Å². The Morgan fingerprint density at radius 1 is 1.31 bits per heavy atom. The number of likely N-dealkylation sites (tertiary alicyclic amines) is 1. The molecule has 2 aromatic heterocycles. The molecular formula is C20H28N4O2. The van der Waals surface area contributed by atoms with Gasteiger partial charge in [-0.2, -0.15) is 0 Å². The van der Waals surface area contributed by atoms with Crippen molar-refractivity contribution < 1.29 is 9.32 Å². The largest absolute Gasteiger partial charge is 0.356 e. The van der Waals surface area contributed by atoms with Gasteiger partial charge in [-0.05, 0) is 39.0 Å². The lowest BCUT2D eigenvalue weighted by molar-refractivity contribution is -0.134. The minimum absolute atomic E-state index is 0.0345. The Balaban J connectivity index is 2.01. The molecule has 140 valence electrons. The van der Waals surface area contributed by atoms with Crippen LogP contribution < -0.4 is 0 Å². The molecule has 1 aliphatic heterocycles. The molecule has 0 aromatic carbocycles. The minimum atomic E-state index is -0.0358. The zero-order valence-electron chi connectivity index (χ0n) is 16.6. The third kappa shape index (κ3) is 3.64. The van der Waals surface area contributed by atoms with Crippen LogP contribution in [0.4, 0.5) is 0 Å². The summed E-state index contributed by atoms with van der Waals surface area (Å²) in [5.41, 5.74) is 3.53. The highest BCUT2D eigenvalue weighted by atomic mass is 16.5. The molecule has 6 nitrogen and oxygen atoms in total. The van der Waals surface area contributed by atoms with Gasteiger partial charge in [-0.1, -0.05) is 25.9 Å². The highest BCUT2D eigenvalue weighted by molar-refractivity contribution is 5.78. The molecule has 1 amide bonds. The Labute approximate surface area is 155 Å². The Hall–Kier alpha value is -2.24. The van der Waals surface area contributed by atoms with Crippen molar-refractivity contribution in [3.63, 3.8) is 0 Å². The zero-order valence-corrected chi connectivity index (χ0v) is 16.6. The molecule has 26 heavy (non-hydrogen) atoms. The first kappa shape index (κ1) is 18.5. The lowest BCUT2D eigenvalue weighted by Gasteiger charge is -2.28. The molecule has 3 heterocycles. The summed E-state index contributed by atoms with van der Waals surface area (Å²) in [5.74, 6) is 1.59. The number of aromatic nitrogens is 3. The first-order chi connectivity index (χ1) is 12.2. The van der Waals surface area contributed by atoms with E-state index in [2.05, 4.69) is 30.9 Å². The van der Waals surface area contributed by atoms with E-state index in [4.69, 9.17) is 9.51 Å². The first-order valence-electron chi connectivity index (χ1n) is 9.23. The lowest BCUT2D eigenvalue weighted by Crippen LogP contribution is -2.33. The van der Waals surface area contributed by atoms with Crippen molar-refractivity contribution in [2.24, 2.45) is 5.41 Å². The quantitative estimate of drug-likeness (QED) is 0.826. The van der Waals surface area contributed by atoms with Crippen LogP contribution >= 0.6 is 0 Å². The Morgan fingerprint density at radius 2 is 2.04 bits per heavy atom. The molecule has 1 atom stereocenters. The van der Waals surface area contributed by atoms with Crippen LogP contribution in [0.3, 0.4) is 0 Å². The molecule has 0 bridgehead atoms. The second-order valence-electron chi connectivity index (χ2n) is 8.42. The van der Waals surface area contributed by atoms with E-state index in [0.29, 0.717) is 18.0 Å². The topological polar surface area (TPSA) is 72.1 Å². The summed E-state index contributed by atoms with van der Waals surface area (Å²) in [4.78, 5) is 24.0.